The lowest BCUT2D eigenvalue weighted by atomic mass is 9.48. The number of hydrogen-bond acceptors (Lipinski definition) is 11. The molecular weight excluding hydrogens is 993 g/mol. The van der Waals surface area contributed by atoms with Crippen LogP contribution in [0.1, 0.15) is 177 Å². The largest absolute Gasteiger partial charge is 0.483 e. The molecule has 0 radical (unpaired) electrons. The minimum atomic E-state index is -1.32. The van der Waals surface area contributed by atoms with Crippen molar-refractivity contribution in [3.05, 3.63) is 174 Å². The Kier molecular flexibility index (Phi) is 15.0. The molecule has 2 fully saturated rings. The van der Waals surface area contributed by atoms with Crippen LogP contribution in [0.25, 0.3) is 17.0 Å². The highest BCUT2D eigenvalue weighted by atomic mass is 16.6. The first-order valence-corrected chi connectivity index (χ1v) is 29.4. The van der Waals surface area contributed by atoms with Gasteiger partial charge in [-0.25, -0.2) is 9.59 Å². The molecule has 4 heterocycles. The Morgan fingerprint density at radius 2 is 1.59 bits per heavy atom. The molecule has 8 aliphatic rings. The highest BCUT2D eigenvalue weighted by molar-refractivity contribution is 5.90. The van der Waals surface area contributed by atoms with E-state index in [2.05, 4.69) is 91.0 Å². The predicted octanol–water partition coefficient (Wildman–Crippen LogP) is 12.1. The van der Waals surface area contributed by atoms with Gasteiger partial charge < -0.3 is 38.7 Å². The van der Waals surface area contributed by atoms with Gasteiger partial charge in [0, 0.05) is 65.7 Å². The summed E-state index contributed by atoms with van der Waals surface area (Å²) >= 11 is 0. The van der Waals surface area contributed by atoms with Gasteiger partial charge in [0.15, 0.2) is 12.2 Å². The third-order valence-electron chi connectivity index (χ3n) is 20.1. The Labute approximate surface area is 463 Å². The summed E-state index contributed by atoms with van der Waals surface area (Å²) in [5.41, 5.74) is 8.70. The molecule has 5 aromatic rings. The quantitative estimate of drug-likeness (QED) is 0.0557. The third kappa shape index (κ3) is 9.25. The van der Waals surface area contributed by atoms with Crippen molar-refractivity contribution in [2.24, 2.45) is 23.7 Å². The predicted molar refractivity (Wildman–Crippen MR) is 303 cm³/mol. The maximum atomic E-state index is 15.6. The van der Waals surface area contributed by atoms with E-state index >= 15 is 9.59 Å². The topological polar surface area (TPSA) is 162 Å². The highest BCUT2D eigenvalue weighted by Crippen LogP contribution is 2.61. The summed E-state index contributed by atoms with van der Waals surface area (Å²) < 4.78 is 32.9. The summed E-state index contributed by atoms with van der Waals surface area (Å²) in [6.45, 7) is 2.67. The van der Waals surface area contributed by atoms with Crippen LogP contribution in [0, 0.1) is 23.7 Å². The molecule has 1 aromatic heterocycles. The number of methoxy groups -OCH3 is 1. The summed E-state index contributed by atoms with van der Waals surface area (Å²) in [7, 11) is 1.51. The van der Waals surface area contributed by atoms with E-state index in [4.69, 9.17) is 23.4 Å². The van der Waals surface area contributed by atoms with Gasteiger partial charge in [0.2, 0.25) is 0 Å². The second kappa shape index (κ2) is 22.1. The fourth-order valence-electron chi connectivity index (χ4n) is 16.3. The van der Waals surface area contributed by atoms with Crippen molar-refractivity contribution in [1.29, 1.82) is 0 Å². The van der Waals surface area contributed by atoms with Gasteiger partial charge in [0.25, 0.3) is 0 Å². The van der Waals surface area contributed by atoms with Crippen molar-refractivity contribution in [3.63, 3.8) is 0 Å². The van der Waals surface area contributed by atoms with Gasteiger partial charge in [0.05, 0.1) is 25.4 Å². The summed E-state index contributed by atoms with van der Waals surface area (Å²) in [6.07, 6.45) is 19.0. The molecule has 2 bridgehead atoms. The van der Waals surface area contributed by atoms with Crippen LogP contribution in [0.15, 0.2) is 117 Å². The van der Waals surface area contributed by atoms with Crippen LogP contribution in [-0.4, -0.2) is 65.9 Å². The number of fused-ring (bicyclic) bond motifs is 13. The fraction of sp³-hybridized carbons (Fsp3) is 0.485. The molecule has 4 aromatic carbocycles. The molecule has 3 aliphatic heterocycles. The molecular formula is C68H76O11. The summed E-state index contributed by atoms with van der Waals surface area (Å²) in [6, 6.07) is 28.1. The number of ether oxygens (including phenoxy) is 4. The van der Waals surface area contributed by atoms with E-state index in [-0.39, 0.29) is 84.9 Å². The second-order valence-electron chi connectivity index (χ2n) is 24.2. The van der Waals surface area contributed by atoms with Crippen molar-refractivity contribution < 1.29 is 48.3 Å². The van der Waals surface area contributed by atoms with Crippen LogP contribution >= 0.6 is 0 Å². The Balaban J connectivity index is 0.993. The Morgan fingerprint density at radius 1 is 0.797 bits per heavy atom. The molecule has 2 saturated carbocycles. The molecule has 11 nitrogen and oxygen atoms in total. The Morgan fingerprint density at radius 3 is 2.38 bits per heavy atom. The van der Waals surface area contributed by atoms with Crippen molar-refractivity contribution in [1.82, 2.24) is 0 Å². The summed E-state index contributed by atoms with van der Waals surface area (Å²) in [4.78, 5) is 45.2. The number of aryl methyl sites for hydroxylation is 1. The average Bonchev–Trinajstić information content (AvgIpc) is 3.53. The molecule has 13 rings (SSSR count). The minimum Gasteiger partial charge on any atom is -0.483 e. The number of aliphatic hydroxyl groups is 3. The molecule has 3 N–H and O–H groups in total. The zero-order valence-electron chi connectivity index (χ0n) is 46.1. The Hall–Kier alpha value is -6.11. The van der Waals surface area contributed by atoms with Gasteiger partial charge in [-0.2, -0.15) is 0 Å². The standard InChI is InChI=1S/C68H76O11/c1-40(37-70)50-28-21-41-19-22-42(23-20-41)51-29-25-44(52-16-10-18-57-53(52)30-27-49-15-9-14-48-26-24-43-11-7-8-17-56(43)68(48,49)57)35-46(51)36-59(72)76-63-61-58(79-67(2,64(63)78-65(50)73)47-12-5-4-6-13-47)32-31-54-55(38-71)60(66(74)77-62(54)61)45(33-34-69)39-75-3/h7-8,10-11,16-20,22-26,29,31-32,44-49,51,63-64,69-71H,4-6,9,12-15,21,27-28,30,33-39H2,1-3H3. The highest BCUT2D eigenvalue weighted by Gasteiger charge is 2.58. The summed E-state index contributed by atoms with van der Waals surface area (Å²) in [5, 5.41) is 32.2. The maximum Gasteiger partial charge on any atom is 0.340 e. The monoisotopic (exact) mass is 1070 g/mol. The van der Waals surface area contributed by atoms with Crippen molar-refractivity contribution >= 4 is 29.0 Å². The van der Waals surface area contributed by atoms with E-state index in [1.165, 1.54) is 54.2 Å². The zero-order chi connectivity index (χ0) is 54.6. The molecule has 0 amide bonds. The van der Waals surface area contributed by atoms with Gasteiger partial charge in [-0.05, 0) is 158 Å². The van der Waals surface area contributed by atoms with E-state index in [1.807, 2.05) is 6.92 Å². The van der Waals surface area contributed by atoms with E-state index in [1.54, 1.807) is 19.1 Å². The van der Waals surface area contributed by atoms with E-state index < -0.39 is 47.9 Å². The number of allylic oxidation sites excluding steroid dienone is 3. The zero-order valence-corrected chi connectivity index (χ0v) is 46.1. The lowest BCUT2D eigenvalue weighted by Crippen LogP contribution is -2.58. The van der Waals surface area contributed by atoms with Gasteiger partial charge in [-0.3, -0.25) is 4.79 Å². The fourth-order valence-corrected chi connectivity index (χ4v) is 16.3. The van der Waals surface area contributed by atoms with Crippen LogP contribution in [-0.2, 0) is 48.7 Å². The molecule has 10 unspecified atom stereocenters. The minimum absolute atomic E-state index is 0.0300. The number of carbonyl (C=O) groups is 2. The average molecular weight is 1070 g/mol. The van der Waals surface area contributed by atoms with E-state index in [0.717, 1.165) is 56.1 Å². The van der Waals surface area contributed by atoms with Gasteiger partial charge in [0.1, 0.15) is 16.9 Å². The SMILES string of the molecule is COCC(CCO)c1c(CO)c2ccc3c(c2oc1=O)C1OC(=O)CC2CC(c4cccc5c4CCC4CCCC6C=Cc7ccccc7C564)C=CC2c2ccc(cc2)CCC(=C(C)CO)C(=O)OC1C(C)(C1CCCCC1)O3. The van der Waals surface area contributed by atoms with Crippen LogP contribution in [0.5, 0.6) is 5.75 Å². The first kappa shape index (κ1) is 53.5. The van der Waals surface area contributed by atoms with Crippen LogP contribution in [0.3, 0.4) is 0 Å². The van der Waals surface area contributed by atoms with Crippen molar-refractivity contribution in [2.45, 2.75) is 158 Å². The molecule has 414 valence electrons. The summed E-state index contributed by atoms with van der Waals surface area (Å²) in [5.74, 6) is -0.820. The van der Waals surface area contributed by atoms with Crippen LogP contribution in [0.2, 0.25) is 0 Å². The Bertz CT molecular complexity index is 3280. The van der Waals surface area contributed by atoms with Crippen molar-refractivity contribution in [2.75, 3.05) is 26.9 Å². The molecule has 10 atom stereocenters. The van der Waals surface area contributed by atoms with Gasteiger partial charge >= 0.3 is 17.6 Å². The molecule has 79 heavy (non-hydrogen) atoms. The number of benzene rings is 4. The molecule has 0 saturated heterocycles. The van der Waals surface area contributed by atoms with Crippen LogP contribution in [0.4, 0.5) is 0 Å². The maximum absolute atomic E-state index is 15.6. The molecule has 1 spiro atoms. The smallest absolute Gasteiger partial charge is 0.340 e. The normalized spacial score (nSPS) is 29.6. The second-order valence-corrected chi connectivity index (χ2v) is 24.2. The number of aliphatic hydroxyl groups excluding tert-OH is 3. The number of hydrogen-bond donors (Lipinski definition) is 3. The molecule has 11 heteroatoms. The number of rotatable bonds is 9. The number of esters is 2. The van der Waals surface area contributed by atoms with Gasteiger partial charge in [-0.1, -0.05) is 117 Å². The number of carbonyl (C=O) groups excluding carboxylic acids is 2. The third-order valence-corrected chi connectivity index (χ3v) is 20.1. The first-order chi connectivity index (χ1) is 38.5. The van der Waals surface area contributed by atoms with Crippen molar-refractivity contribution in [3.8, 4) is 5.75 Å². The lowest BCUT2D eigenvalue weighted by molar-refractivity contribution is -0.201. The first-order valence-electron chi connectivity index (χ1n) is 29.4. The van der Waals surface area contributed by atoms with E-state index in [0.29, 0.717) is 52.5 Å². The van der Waals surface area contributed by atoms with Gasteiger partial charge in [-0.15, -0.1) is 0 Å². The lowest BCUT2D eigenvalue weighted by Gasteiger charge is -2.55. The van der Waals surface area contributed by atoms with Crippen LogP contribution < -0.4 is 10.4 Å². The molecule has 5 aliphatic carbocycles. The van der Waals surface area contributed by atoms with E-state index in [9.17, 15) is 20.1 Å².